The van der Waals surface area contributed by atoms with Crippen molar-refractivity contribution in [2.24, 2.45) is 10.9 Å². The van der Waals surface area contributed by atoms with Gasteiger partial charge in [-0.25, -0.2) is 4.98 Å². The first-order valence-electron chi connectivity index (χ1n) is 5.48. The van der Waals surface area contributed by atoms with E-state index >= 15 is 0 Å². The molecule has 2 aromatic rings. The van der Waals surface area contributed by atoms with Crippen LogP contribution >= 0.6 is 11.6 Å². The molecule has 0 bridgehead atoms. The highest BCUT2D eigenvalue weighted by Gasteiger charge is 2.06. The third-order valence-electron chi connectivity index (χ3n) is 2.49. The average molecular weight is 278 g/mol. The number of aromatic nitrogens is 1. The van der Waals surface area contributed by atoms with Crippen LogP contribution in [-0.4, -0.2) is 16.0 Å². The number of rotatable bonds is 3. The molecule has 0 saturated heterocycles. The van der Waals surface area contributed by atoms with Gasteiger partial charge in [-0.3, -0.25) is 0 Å². The SMILES string of the molecule is Cc1cc(Cl)ccc1Oc1cc(/C(N)=N/O)ccn1. The van der Waals surface area contributed by atoms with Gasteiger partial charge in [-0.15, -0.1) is 0 Å². The van der Waals surface area contributed by atoms with Crippen molar-refractivity contribution in [3.8, 4) is 11.6 Å². The van der Waals surface area contributed by atoms with Gasteiger partial charge in [0.1, 0.15) is 5.75 Å². The van der Waals surface area contributed by atoms with Crippen LogP contribution in [0.1, 0.15) is 11.1 Å². The van der Waals surface area contributed by atoms with Crippen molar-refractivity contribution in [2.45, 2.75) is 6.92 Å². The maximum atomic E-state index is 8.63. The fourth-order valence-corrected chi connectivity index (χ4v) is 1.75. The van der Waals surface area contributed by atoms with Crippen molar-refractivity contribution in [3.63, 3.8) is 0 Å². The first-order valence-corrected chi connectivity index (χ1v) is 5.86. The average Bonchev–Trinajstić information content (AvgIpc) is 2.41. The summed E-state index contributed by atoms with van der Waals surface area (Å²) in [4.78, 5) is 4.07. The molecule has 98 valence electrons. The van der Waals surface area contributed by atoms with Crippen molar-refractivity contribution in [1.82, 2.24) is 4.98 Å². The molecule has 5 nitrogen and oxygen atoms in total. The lowest BCUT2D eigenvalue weighted by Gasteiger charge is -2.08. The normalized spacial score (nSPS) is 11.4. The molecular weight excluding hydrogens is 266 g/mol. The topological polar surface area (TPSA) is 80.7 Å². The molecule has 0 aliphatic carbocycles. The molecule has 0 unspecified atom stereocenters. The van der Waals surface area contributed by atoms with Crippen molar-refractivity contribution in [2.75, 3.05) is 0 Å². The van der Waals surface area contributed by atoms with Crippen LogP contribution in [0.3, 0.4) is 0 Å². The number of hydrogen-bond donors (Lipinski definition) is 2. The Morgan fingerprint density at radius 1 is 1.37 bits per heavy atom. The number of halogens is 1. The van der Waals surface area contributed by atoms with Crippen LogP contribution in [0.25, 0.3) is 0 Å². The minimum absolute atomic E-state index is 0.0000723. The number of nitrogens with two attached hydrogens (primary N) is 1. The molecule has 0 fully saturated rings. The molecule has 3 N–H and O–H groups in total. The predicted octanol–water partition coefficient (Wildman–Crippen LogP) is 2.93. The zero-order chi connectivity index (χ0) is 13.8. The quantitative estimate of drug-likeness (QED) is 0.391. The second-order valence-corrected chi connectivity index (χ2v) is 4.32. The summed E-state index contributed by atoms with van der Waals surface area (Å²) in [6.45, 7) is 1.88. The fourth-order valence-electron chi connectivity index (χ4n) is 1.52. The fraction of sp³-hybridized carbons (Fsp3) is 0.0769. The number of nitrogens with zero attached hydrogens (tertiary/aromatic N) is 2. The van der Waals surface area contributed by atoms with E-state index in [1.807, 2.05) is 6.92 Å². The summed E-state index contributed by atoms with van der Waals surface area (Å²) in [7, 11) is 0. The van der Waals surface area contributed by atoms with Crippen LogP contribution in [0.15, 0.2) is 41.7 Å². The Bertz CT molecular complexity index is 629. The number of ether oxygens (including phenoxy) is 1. The van der Waals surface area contributed by atoms with Gasteiger partial charge in [0.25, 0.3) is 0 Å². The lowest BCUT2D eigenvalue weighted by molar-refractivity contribution is 0.318. The highest BCUT2D eigenvalue weighted by Crippen LogP contribution is 2.26. The molecule has 2 rings (SSSR count). The summed E-state index contributed by atoms with van der Waals surface area (Å²) in [5.74, 6) is 1.00. The zero-order valence-corrected chi connectivity index (χ0v) is 10.9. The van der Waals surface area contributed by atoms with Crippen LogP contribution in [0.5, 0.6) is 11.6 Å². The van der Waals surface area contributed by atoms with E-state index in [2.05, 4.69) is 10.1 Å². The third kappa shape index (κ3) is 3.14. The molecule has 1 aromatic carbocycles. The van der Waals surface area contributed by atoms with Crippen LogP contribution < -0.4 is 10.5 Å². The Morgan fingerprint density at radius 3 is 2.84 bits per heavy atom. The third-order valence-corrected chi connectivity index (χ3v) is 2.72. The number of oxime groups is 1. The first kappa shape index (κ1) is 13.2. The molecule has 0 saturated carbocycles. The summed E-state index contributed by atoms with van der Waals surface area (Å²) >= 11 is 5.87. The second-order valence-electron chi connectivity index (χ2n) is 3.88. The van der Waals surface area contributed by atoms with E-state index in [1.54, 1.807) is 30.3 Å². The molecule has 6 heteroatoms. The summed E-state index contributed by atoms with van der Waals surface area (Å²) in [5, 5.41) is 12.2. The number of pyridine rings is 1. The zero-order valence-electron chi connectivity index (χ0n) is 10.2. The Kier molecular flexibility index (Phi) is 3.87. The number of benzene rings is 1. The molecule has 0 amide bonds. The first-order chi connectivity index (χ1) is 9.10. The lowest BCUT2D eigenvalue weighted by Crippen LogP contribution is -2.13. The largest absolute Gasteiger partial charge is 0.439 e. The molecular formula is C13H12ClN3O2. The Hall–Kier alpha value is -2.27. The van der Waals surface area contributed by atoms with E-state index < -0.39 is 0 Å². The van der Waals surface area contributed by atoms with E-state index in [0.29, 0.717) is 22.2 Å². The van der Waals surface area contributed by atoms with Crippen molar-refractivity contribution >= 4 is 17.4 Å². The minimum atomic E-state index is 0.0000723. The molecule has 0 radical (unpaired) electrons. The van der Waals surface area contributed by atoms with Crippen LogP contribution in [0.2, 0.25) is 5.02 Å². The second kappa shape index (κ2) is 5.58. The van der Waals surface area contributed by atoms with E-state index in [4.69, 9.17) is 27.3 Å². The van der Waals surface area contributed by atoms with E-state index in [1.165, 1.54) is 6.20 Å². The van der Waals surface area contributed by atoms with Gasteiger partial charge in [-0.1, -0.05) is 16.8 Å². The molecule has 0 aliphatic rings. The molecule has 1 aromatic heterocycles. The number of hydrogen-bond acceptors (Lipinski definition) is 4. The minimum Gasteiger partial charge on any atom is -0.439 e. The van der Waals surface area contributed by atoms with Crippen LogP contribution in [0, 0.1) is 6.92 Å². The van der Waals surface area contributed by atoms with Crippen molar-refractivity contribution in [1.29, 1.82) is 0 Å². The predicted molar refractivity (Wildman–Crippen MR) is 73.0 cm³/mol. The highest BCUT2D eigenvalue weighted by atomic mass is 35.5. The Balaban J connectivity index is 2.28. The van der Waals surface area contributed by atoms with E-state index in [9.17, 15) is 0 Å². The van der Waals surface area contributed by atoms with Gasteiger partial charge in [0.05, 0.1) is 0 Å². The highest BCUT2D eigenvalue weighted by molar-refractivity contribution is 6.30. The lowest BCUT2D eigenvalue weighted by atomic mass is 10.2. The van der Waals surface area contributed by atoms with Gasteiger partial charge in [-0.05, 0) is 36.8 Å². The molecule has 0 aliphatic heterocycles. The van der Waals surface area contributed by atoms with Gasteiger partial charge < -0.3 is 15.7 Å². The Labute approximate surface area is 115 Å². The summed E-state index contributed by atoms with van der Waals surface area (Å²) < 4.78 is 5.64. The van der Waals surface area contributed by atoms with Crippen molar-refractivity contribution < 1.29 is 9.94 Å². The van der Waals surface area contributed by atoms with Gasteiger partial charge in [-0.2, -0.15) is 0 Å². The maximum Gasteiger partial charge on any atom is 0.219 e. The van der Waals surface area contributed by atoms with Gasteiger partial charge in [0.15, 0.2) is 5.84 Å². The smallest absolute Gasteiger partial charge is 0.219 e. The van der Waals surface area contributed by atoms with Gasteiger partial charge in [0, 0.05) is 22.8 Å². The summed E-state index contributed by atoms with van der Waals surface area (Å²) in [5.41, 5.74) is 6.92. The molecule has 19 heavy (non-hydrogen) atoms. The number of amidine groups is 1. The molecule has 0 atom stereocenters. The molecule has 0 spiro atoms. The molecule has 1 heterocycles. The van der Waals surface area contributed by atoms with E-state index in [0.717, 1.165) is 5.56 Å². The standard InChI is InChI=1S/C13H12ClN3O2/c1-8-6-10(14)2-3-11(8)19-12-7-9(4-5-16-12)13(15)17-18/h2-7,18H,1H3,(H2,15,17). The van der Waals surface area contributed by atoms with Crippen molar-refractivity contribution in [3.05, 3.63) is 52.7 Å². The van der Waals surface area contributed by atoms with Gasteiger partial charge >= 0.3 is 0 Å². The summed E-state index contributed by atoms with van der Waals surface area (Å²) in [6, 6.07) is 8.50. The summed E-state index contributed by atoms with van der Waals surface area (Å²) in [6.07, 6.45) is 1.52. The maximum absolute atomic E-state index is 8.63. The van der Waals surface area contributed by atoms with Gasteiger partial charge in [0.2, 0.25) is 5.88 Å². The van der Waals surface area contributed by atoms with Crippen LogP contribution in [0.4, 0.5) is 0 Å². The van der Waals surface area contributed by atoms with Crippen LogP contribution in [-0.2, 0) is 0 Å². The number of aryl methyl sites for hydroxylation is 1. The van der Waals surface area contributed by atoms with E-state index in [-0.39, 0.29) is 5.84 Å². The monoisotopic (exact) mass is 277 g/mol. The Morgan fingerprint density at radius 2 is 2.16 bits per heavy atom.